The van der Waals surface area contributed by atoms with Gasteiger partial charge in [0.15, 0.2) is 0 Å². The van der Waals surface area contributed by atoms with Crippen LogP contribution in [0.4, 0.5) is 0 Å². The summed E-state index contributed by atoms with van der Waals surface area (Å²) in [6.45, 7) is 15.4. The van der Waals surface area contributed by atoms with Gasteiger partial charge in [0.05, 0.1) is 13.2 Å². The van der Waals surface area contributed by atoms with E-state index in [-0.39, 0.29) is 11.9 Å². The summed E-state index contributed by atoms with van der Waals surface area (Å²) in [7, 11) is 0. The Hall–Kier alpha value is -1.59. The molecule has 0 heterocycles. The van der Waals surface area contributed by atoms with E-state index in [0.29, 0.717) is 56.3 Å². The lowest BCUT2D eigenvalue weighted by Crippen LogP contribution is -2.40. The largest absolute Gasteiger partial charge is 0.465 e. The molecule has 0 radical (unpaired) electrons. The molecule has 0 bridgehead atoms. The molecular formula is C54H105NO5. The number of amides is 1. The molecule has 0 saturated heterocycles. The van der Waals surface area contributed by atoms with Crippen LogP contribution in [0, 0.1) is 11.8 Å². The maximum atomic E-state index is 13.5. The van der Waals surface area contributed by atoms with Crippen LogP contribution in [0.25, 0.3) is 0 Å². The smallest absolute Gasteiger partial charge is 0.305 e. The lowest BCUT2D eigenvalue weighted by Gasteiger charge is -2.31. The van der Waals surface area contributed by atoms with Gasteiger partial charge in [-0.25, -0.2) is 0 Å². The molecule has 0 aromatic heterocycles. The van der Waals surface area contributed by atoms with E-state index >= 15 is 0 Å². The molecule has 60 heavy (non-hydrogen) atoms. The zero-order valence-corrected chi connectivity index (χ0v) is 41.4. The van der Waals surface area contributed by atoms with Crippen LogP contribution in [0.5, 0.6) is 0 Å². The van der Waals surface area contributed by atoms with Gasteiger partial charge in [0.25, 0.3) is 0 Å². The molecule has 6 nitrogen and oxygen atoms in total. The maximum Gasteiger partial charge on any atom is 0.305 e. The Kier molecular flexibility index (Phi) is 44.2. The van der Waals surface area contributed by atoms with Crippen LogP contribution >= 0.6 is 0 Å². The Morgan fingerprint density at radius 1 is 0.350 bits per heavy atom. The molecule has 0 aromatic carbocycles. The molecule has 6 heteroatoms. The van der Waals surface area contributed by atoms with Crippen LogP contribution in [0.2, 0.25) is 0 Å². The van der Waals surface area contributed by atoms with Crippen molar-refractivity contribution in [3.8, 4) is 0 Å². The number of hydrogen-bond donors (Lipinski definition) is 0. The summed E-state index contributed by atoms with van der Waals surface area (Å²) >= 11 is 0. The molecule has 2 unspecified atom stereocenters. The first-order chi connectivity index (χ1) is 29.4. The normalized spacial score (nSPS) is 13.0. The first kappa shape index (κ1) is 58.4. The predicted molar refractivity (Wildman–Crippen MR) is 259 cm³/mol. The summed E-state index contributed by atoms with van der Waals surface area (Å²) in [6, 6.07) is 0.340. The summed E-state index contributed by atoms with van der Waals surface area (Å²) in [5, 5.41) is 0. The average Bonchev–Trinajstić information content (AvgIpc) is 3.25. The molecular weight excluding hydrogens is 743 g/mol. The maximum absolute atomic E-state index is 13.5. The second-order valence-corrected chi connectivity index (χ2v) is 18.8. The van der Waals surface area contributed by atoms with Gasteiger partial charge in [-0.2, -0.15) is 0 Å². The van der Waals surface area contributed by atoms with E-state index in [0.717, 1.165) is 51.5 Å². The number of esters is 2. The fourth-order valence-electron chi connectivity index (χ4n) is 8.90. The standard InChI is InChI=1S/C54H105NO5/c1-7-13-18-21-28-35-44-52(56)55(12-6)51(42-33-26-22-24-29-36-45-53(57)59-47-49(38-16-10-4)40-31-19-14-8-2)43-34-27-23-25-30-37-46-54(58)60-48-50(39-17-11-5)41-32-20-15-9-3/h49-51H,7-48H2,1-6H3. The Morgan fingerprint density at radius 2 is 0.650 bits per heavy atom. The molecule has 0 aliphatic carbocycles. The van der Waals surface area contributed by atoms with Gasteiger partial charge in [-0.3, -0.25) is 14.4 Å². The minimum Gasteiger partial charge on any atom is -0.465 e. The highest BCUT2D eigenvalue weighted by atomic mass is 16.5. The van der Waals surface area contributed by atoms with Crippen LogP contribution in [-0.4, -0.2) is 48.5 Å². The second-order valence-electron chi connectivity index (χ2n) is 18.8. The van der Waals surface area contributed by atoms with Gasteiger partial charge in [0, 0.05) is 31.8 Å². The van der Waals surface area contributed by atoms with Crippen molar-refractivity contribution >= 4 is 17.8 Å². The molecule has 0 spiro atoms. The highest BCUT2D eigenvalue weighted by molar-refractivity contribution is 5.76. The lowest BCUT2D eigenvalue weighted by molar-refractivity contribution is -0.146. The molecule has 0 rings (SSSR count). The van der Waals surface area contributed by atoms with E-state index in [9.17, 15) is 14.4 Å². The van der Waals surface area contributed by atoms with E-state index in [2.05, 4.69) is 46.4 Å². The minimum atomic E-state index is -0.00672. The van der Waals surface area contributed by atoms with Gasteiger partial charge in [-0.15, -0.1) is 0 Å². The fourth-order valence-corrected chi connectivity index (χ4v) is 8.90. The third kappa shape index (κ3) is 37.0. The molecule has 356 valence electrons. The van der Waals surface area contributed by atoms with Crippen LogP contribution in [0.15, 0.2) is 0 Å². The van der Waals surface area contributed by atoms with E-state index in [1.807, 2.05) is 0 Å². The van der Waals surface area contributed by atoms with E-state index in [1.54, 1.807) is 0 Å². The number of nitrogens with zero attached hydrogens (tertiary/aromatic N) is 1. The Bertz CT molecular complexity index is 883. The van der Waals surface area contributed by atoms with E-state index in [4.69, 9.17) is 9.47 Å². The zero-order chi connectivity index (χ0) is 44.2. The average molecular weight is 848 g/mol. The van der Waals surface area contributed by atoms with Gasteiger partial charge in [-0.05, 0) is 76.5 Å². The monoisotopic (exact) mass is 848 g/mol. The third-order valence-electron chi connectivity index (χ3n) is 13.0. The molecule has 0 aromatic rings. The second kappa shape index (κ2) is 45.4. The van der Waals surface area contributed by atoms with Gasteiger partial charge in [-0.1, -0.05) is 208 Å². The van der Waals surface area contributed by atoms with Crippen molar-refractivity contribution in [2.45, 2.75) is 298 Å². The Morgan fingerprint density at radius 3 is 1.03 bits per heavy atom. The summed E-state index contributed by atoms with van der Waals surface area (Å²) in [6.07, 6.45) is 44.6. The van der Waals surface area contributed by atoms with Crippen molar-refractivity contribution in [1.82, 2.24) is 4.90 Å². The van der Waals surface area contributed by atoms with Crippen molar-refractivity contribution in [1.29, 1.82) is 0 Å². The molecule has 2 atom stereocenters. The number of ether oxygens (including phenoxy) is 2. The summed E-state index contributed by atoms with van der Waals surface area (Å²) < 4.78 is 11.5. The first-order valence-corrected chi connectivity index (χ1v) is 27.0. The fraction of sp³-hybridized carbons (Fsp3) is 0.944. The van der Waals surface area contributed by atoms with Gasteiger partial charge < -0.3 is 14.4 Å². The Balaban J connectivity index is 4.62. The van der Waals surface area contributed by atoms with Gasteiger partial charge >= 0.3 is 11.9 Å². The molecule has 0 aliphatic rings. The van der Waals surface area contributed by atoms with Crippen molar-refractivity contribution in [2.75, 3.05) is 19.8 Å². The molecule has 1 amide bonds. The van der Waals surface area contributed by atoms with E-state index < -0.39 is 0 Å². The Labute approximate surface area is 375 Å². The number of carbonyl (C=O) groups excluding carboxylic acids is 3. The zero-order valence-electron chi connectivity index (χ0n) is 41.4. The van der Waals surface area contributed by atoms with Crippen LogP contribution in [0.1, 0.15) is 292 Å². The highest BCUT2D eigenvalue weighted by Crippen LogP contribution is 2.23. The lowest BCUT2D eigenvalue weighted by atomic mass is 9.96. The third-order valence-corrected chi connectivity index (χ3v) is 13.0. The SMILES string of the molecule is CCCCCCCCC(=O)N(CC)C(CCCCCCCCC(=O)OCC(CCCC)CCCCCC)CCCCCCCCC(=O)OCC(CCCC)CCCCCC. The van der Waals surface area contributed by atoms with Crippen molar-refractivity contribution in [3.63, 3.8) is 0 Å². The number of rotatable bonds is 47. The van der Waals surface area contributed by atoms with E-state index in [1.165, 1.54) is 186 Å². The van der Waals surface area contributed by atoms with Crippen LogP contribution in [0.3, 0.4) is 0 Å². The predicted octanol–water partition coefficient (Wildman–Crippen LogP) is 16.8. The summed E-state index contributed by atoms with van der Waals surface area (Å²) in [5.41, 5.74) is 0. The van der Waals surface area contributed by atoms with Gasteiger partial charge in [0.1, 0.15) is 0 Å². The summed E-state index contributed by atoms with van der Waals surface area (Å²) in [5.74, 6) is 1.40. The quantitative estimate of drug-likeness (QED) is 0.0451. The number of unbranched alkanes of at least 4 members (excludes halogenated alkanes) is 23. The van der Waals surface area contributed by atoms with Crippen LogP contribution in [-0.2, 0) is 23.9 Å². The van der Waals surface area contributed by atoms with Crippen molar-refractivity contribution in [2.24, 2.45) is 11.8 Å². The highest BCUT2D eigenvalue weighted by Gasteiger charge is 2.21. The number of carbonyl (C=O) groups is 3. The molecule has 0 N–H and O–H groups in total. The topological polar surface area (TPSA) is 72.9 Å². The number of hydrogen-bond acceptors (Lipinski definition) is 5. The molecule has 0 fully saturated rings. The van der Waals surface area contributed by atoms with Crippen molar-refractivity contribution < 1.29 is 23.9 Å². The van der Waals surface area contributed by atoms with Crippen LogP contribution < -0.4 is 0 Å². The summed E-state index contributed by atoms with van der Waals surface area (Å²) in [4.78, 5) is 40.7. The van der Waals surface area contributed by atoms with Crippen molar-refractivity contribution in [3.05, 3.63) is 0 Å². The molecule has 0 aliphatic heterocycles. The first-order valence-electron chi connectivity index (χ1n) is 27.0. The minimum absolute atomic E-state index is 0.00672. The molecule has 0 saturated carbocycles. The van der Waals surface area contributed by atoms with Gasteiger partial charge in [0.2, 0.25) is 5.91 Å².